The molecule has 0 bridgehead atoms. The molecule has 0 unspecified atom stereocenters. The highest BCUT2D eigenvalue weighted by Crippen LogP contribution is 2.27. The lowest BCUT2D eigenvalue weighted by atomic mass is 9.98. The van der Waals surface area contributed by atoms with Gasteiger partial charge in [-0.3, -0.25) is 4.79 Å². The minimum absolute atomic E-state index is 0.0528. The van der Waals surface area contributed by atoms with Gasteiger partial charge in [0.05, 0.1) is 7.11 Å². The molecule has 0 heterocycles. The van der Waals surface area contributed by atoms with Crippen LogP contribution in [-0.4, -0.2) is 13.0 Å². The molecule has 122 valence electrons. The number of carbonyl (C=O) groups excluding carboxylic acids is 1. The number of benzene rings is 2. The van der Waals surface area contributed by atoms with Crippen LogP contribution < -0.4 is 10.1 Å². The van der Waals surface area contributed by atoms with Crippen LogP contribution in [0.5, 0.6) is 5.75 Å². The van der Waals surface area contributed by atoms with Crippen molar-refractivity contribution < 1.29 is 9.53 Å². The molecule has 3 nitrogen and oxygen atoms in total. The lowest BCUT2D eigenvalue weighted by Crippen LogP contribution is -2.15. The number of methoxy groups -OCH3 is 1. The topological polar surface area (TPSA) is 38.3 Å². The van der Waals surface area contributed by atoms with Gasteiger partial charge < -0.3 is 10.1 Å². The molecule has 1 N–H and O–H groups in total. The van der Waals surface area contributed by atoms with E-state index in [1.54, 1.807) is 7.11 Å². The molecule has 0 aliphatic rings. The molecular weight excluding hydrogens is 286 g/mol. The van der Waals surface area contributed by atoms with Crippen molar-refractivity contribution in [1.82, 2.24) is 0 Å². The van der Waals surface area contributed by atoms with Gasteiger partial charge in [-0.2, -0.15) is 0 Å². The van der Waals surface area contributed by atoms with Crippen LogP contribution in [0.1, 0.15) is 42.9 Å². The van der Waals surface area contributed by atoms with E-state index in [4.69, 9.17) is 4.74 Å². The Hall–Kier alpha value is -2.29. The molecular formula is C20H25NO2. The molecule has 23 heavy (non-hydrogen) atoms. The smallest absolute Gasteiger partial charge is 0.224 e. The fraction of sp³-hybridized carbons (Fsp3) is 0.350. The van der Waals surface area contributed by atoms with E-state index in [1.807, 2.05) is 43.3 Å². The van der Waals surface area contributed by atoms with Gasteiger partial charge in [0.25, 0.3) is 0 Å². The second-order valence-corrected chi connectivity index (χ2v) is 6.09. The Bertz CT molecular complexity index is 660. The molecule has 0 saturated heterocycles. The number of carbonyl (C=O) groups is 1. The first kappa shape index (κ1) is 17.1. The van der Waals surface area contributed by atoms with Crippen molar-refractivity contribution in [3.63, 3.8) is 0 Å². The maximum Gasteiger partial charge on any atom is 0.224 e. The molecule has 0 spiro atoms. The Morgan fingerprint density at radius 3 is 2.43 bits per heavy atom. The maximum atomic E-state index is 12.3. The van der Waals surface area contributed by atoms with Crippen LogP contribution in [0.2, 0.25) is 0 Å². The fourth-order valence-electron chi connectivity index (χ4n) is 2.59. The molecule has 0 radical (unpaired) electrons. The number of hydrogen-bond donors (Lipinski definition) is 1. The summed E-state index contributed by atoms with van der Waals surface area (Å²) < 4.78 is 5.14. The number of amides is 1. The number of ether oxygens (including phenoxy) is 1. The number of rotatable bonds is 6. The van der Waals surface area contributed by atoms with Crippen LogP contribution in [0.15, 0.2) is 42.5 Å². The number of aryl methyl sites for hydroxylation is 2. The van der Waals surface area contributed by atoms with Gasteiger partial charge in [-0.1, -0.05) is 44.2 Å². The number of para-hydroxylation sites is 1. The summed E-state index contributed by atoms with van der Waals surface area (Å²) in [6, 6.07) is 14.0. The first-order chi connectivity index (χ1) is 11.0. The van der Waals surface area contributed by atoms with Crippen molar-refractivity contribution in [1.29, 1.82) is 0 Å². The highest BCUT2D eigenvalue weighted by atomic mass is 16.5. The van der Waals surface area contributed by atoms with E-state index in [0.717, 1.165) is 29.0 Å². The van der Waals surface area contributed by atoms with Crippen molar-refractivity contribution >= 4 is 11.6 Å². The second-order valence-electron chi connectivity index (χ2n) is 6.09. The summed E-state index contributed by atoms with van der Waals surface area (Å²) >= 11 is 0. The molecule has 2 rings (SSSR count). The van der Waals surface area contributed by atoms with Gasteiger partial charge in [-0.25, -0.2) is 0 Å². The molecule has 0 aliphatic carbocycles. The van der Waals surface area contributed by atoms with Gasteiger partial charge >= 0.3 is 0 Å². The third kappa shape index (κ3) is 4.59. The Morgan fingerprint density at radius 2 is 1.83 bits per heavy atom. The molecule has 0 atom stereocenters. The molecule has 1 amide bonds. The molecule has 2 aromatic carbocycles. The van der Waals surface area contributed by atoms with Gasteiger partial charge in [0, 0.05) is 12.1 Å². The van der Waals surface area contributed by atoms with Crippen molar-refractivity contribution in [3.8, 4) is 5.75 Å². The summed E-state index contributed by atoms with van der Waals surface area (Å²) in [5.41, 5.74) is 4.38. The van der Waals surface area contributed by atoms with Gasteiger partial charge in [0.15, 0.2) is 0 Å². The zero-order valence-electron chi connectivity index (χ0n) is 14.3. The van der Waals surface area contributed by atoms with Gasteiger partial charge in [-0.05, 0) is 48.1 Å². The molecule has 0 aliphatic heterocycles. The fourth-order valence-corrected chi connectivity index (χ4v) is 2.59. The third-order valence-corrected chi connectivity index (χ3v) is 3.99. The van der Waals surface area contributed by atoms with E-state index in [-0.39, 0.29) is 5.91 Å². The first-order valence-corrected chi connectivity index (χ1v) is 8.03. The SMILES string of the molecule is COc1ccc(CCC(=O)Nc2c(C)cccc2C(C)C)cc1. The van der Waals surface area contributed by atoms with Gasteiger partial charge in [0.1, 0.15) is 5.75 Å². The normalized spacial score (nSPS) is 10.7. The summed E-state index contributed by atoms with van der Waals surface area (Å²) in [6.45, 7) is 6.31. The molecule has 0 saturated carbocycles. The van der Waals surface area contributed by atoms with Crippen LogP contribution in [0.4, 0.5) is 5.69 Å². The zero-order chi connectivity index (χ0) is 16.8. The van der Waals surface area contributed by atoms with Crippen LogP contribution in [-0.2, 0) is 11.2 Å². The average molecular weight is 311 g/mol. The van der Waals surface area contributed by atoms with Gasteiger partial charge in [-0.15, -0.1) is 0 Å². The Kier molecular flexibility index (Phi) is 5.80. The Morgan fingerprint density at radius 1 is 1.13 bits per heavy atom. The van der Waals surface area contributed by atoms with E-state index in [0.29, 0.717) is 12.3 Å². The second kappa shape index (κ2) is 7.82. The van der Waals surface area contributed by atoms with E-state index in [9.17, 15) is 4.79 Å². The number of hydrogen-bond acceptors (Lipinski definition) is 2. The van der Waals surface area contributed by atoms with Crippen molar-refractivity contribution in [2.45, 2.75) is 39.5 Å². The lowest BCUT2D eigenvalue weighted by molar-refractivity contribution is -0.116. The summed E-state index contributed by atoms with van der Waals surface area (Å²) in [7, 11) is 1.65. The molecule has 0 fully saturated rings. The van der Waals surface area contributed by atoms with E-state index in [1.165, 1.54) is 5.56 Å². The highest BCUT2D eigenvalue weighted by molar-refractivity contribution is 5.92. The van der Waals surface area contributed by atoms with E-state index in [2.05, 4.69) is 25.2 Å². The van der Waals surface area contributed by atoms with Crippen LogP contribution >= 0.6 is 0 Å². The van der Waals surface area contributed by atoms with E-state index >= 15 is 0 Å². The lowest BCUT2D eigenvalue weighted by Gasteiger charge is -2.16. The largest absolute Gasteiger partial charge is 0.497 e. The van der Waals surface area contributed by atoms with Crippen LogP contribution in [0.25, 0.3) is 0 Å². The van der Waals surface area contributed by atoms with Gasteiger partial charge in [0.2, 0.25) is 5.91 Å². The molecule has 0 aromatic heterocycles. The minimum atomic E-state index is 0.0528. The van der Waals surface area contributed by atoms with Crippen molar-refractivity contribution in [2.75, 3.05) is 12.4 Å². The predicted octanol–water partition coefficient (Wildman–Crippen LogP) is 4.70. The highest BCUT2D eigenvalue weighted by Gasteiger charge is 2.12. The van der Waals surface area contributed by atoms with Crippen LogP contribution in [0.3, 0.4) is 0 Å². The zero-order valence-corrected chi connectivity index (χ0v) is 14.3. The maximum absolute atomic E-state index is 12.3. The predicted molar refractivity (Wildman–Crippen MR) is 95.2 cm³/mol. The average Bonchev–Trinajstić information content (AvgIpc) is 2.55. The number of anilines is 1. The third-order valence-electron chi connectivity index (χ3n) is 3.99. The number of nitrogens with one attached hydrogen (secondary N) is 1. The van der Waals surface area contributed by atoms with Crippen LogP contribution in [0, 0.1) is 6.92 Å². The Balaban J connectivity index is 1.99. The summed E-state index contributed by atoms with van der Waals surface area (Å²) in [5, 5.41) is 3.09. The minimum Gasteiger partial charge on any atom is -0.497 e. The quantitative estimate of drug-likeness (QED) is 0.840. The van der Waals surface area contributed by atoms with Crippen molar-refractivity contribution in [3.05, 3.63) is 59.2 Å². The van der Waals surface area contributed by atoms with E-state index < -0.39 is 0 Å². The summed E-state index contributed by atoms with van der Waals surface area (Å²) in [5.74, 6) is 1.27. The summed E-state index contributed by atoms with van der Waals surface area (Å²) in [4.78, 5) is 12.3. The molecule has 2 aromatic rings. The Labute approximate surface area is 138 Å². The van der Waals surface area contributed by atoms with Crippen molar-refractivity contribution in [2.24, 2.45) is 0 Å². The standard InChI is InChI=1S/C20H25NO2/c1-14(2)18-7-5-6-15(3)20(18)21-19(22)13-10-16-8-11-17(23-4)12-9-16/h5-9,11-12,14H,10,13H2,1-4H3,(H,21,22). The molecule has 3 heteroatoms. The first-order valence-electron chi connectivity index (χ1n) is 8.03. The summed E-state index contributed by atoms with van der Waals surface area (Å²) in [6.07, 6.45) is 1.19. The monoisotopic (exact) mass is 311 g/mol.